The summed E-state index contributed by atoms with van der Waals surface area (Å²) in [5.74, 6) is 0.523. The minimum atomic E-state index is 0.523. The van der Waals surface area contributed by atoms with E-state index in [2.05, 4.69) is 11.6 Å². The van der Waals surface area contributed by atoms with Crippen molar-refractivity contribution in [2.75, 3.05) is 6.54 Å². The van der Waals surface area contributed by atoms with Crippen molar-refractivity contribution in [2.24, 2.45) is 10.7 Å². The maximum absolute atomic E-state index is 5.54. The van der Waals surface area contributed by atoms with Crippen LogP contribution in [0.2, 0.25) is 0 Å². The Morgan fingerprint density at radius 1 is 1.80 bits per heavy atom. The molecule has 0 fully saturated rings. The van der Waals surface area contributed by atoms with Gasteiger partial charge in [0.15, 0.2) is 0 Å². The maximum atomic E-state index is 5.54. The third kappa shape index (κ3) is 1.18. The lowest BCUT2D eigenvalue weighted by molar-refractivity contribution is 0.576. The molecule has 0 bridgehead atoms. The number of hydrogen-bond acceptors (Lipinski definition) is 3. The van der Waals surface area contributed by atoms with Crippen molar-refractivity contribution in [3.8, 4) is 0 Å². The fourth-order valence-electron chi connectivity index (χ4n) is 0.768. The van der Waals surface area contributed by atoms with E-state index >= 15 is 0 Å². The first-order valence-corrected chi connectivity index (χ1v) is 3.22. The summed E-state index contributed by atoms with van der Waals surface area (Å²) in [7, 11) is 0. The van der Waals surface area contributed by atoms with Crippen molar-refractivity contribution in [2.45, 2.75) is 6.92 Å². The molecule has 1 aliphatic rings. The predicted octanol–water partition coefficient (Wildman–Crippen LogP) is 0.664. The van der Waals surface area contributed by atoms with Crippen molar-refractivity contribution < 1.29 is 0 Å². The number of guanidine groups is 1. The molecule has 0 aliphatic carbocycles. The Morgan fingerprint density at radius 2 is 2.50 bits per heavy atom. The number of rotatable bonds is 1. The van der Waals surface area contributed by atoms with Gasteiger partial charge in [-0.25, -0.2) is 4.99 Å². The SMILES string of the molecule is C=C1C=CN(CC)C(N)=N1. The third-order valence-corrected chi connectivity index (χ3v) is 1.34. The van der Waals surface area contributed by atoms with Gasteiger partial charge in [-0.05, 0) is 13.0 Å². The van der Waals surface area contributed by atoms with Crippen LogP contribution in [0.3, 0.4) is 0 Å². The van der Waals surface area contributed by atoms with E-state index in [4.69, 9.17) is 5.73 Å². The van der Waals surface area contributed by atoms with Crippen LogP contribution in [0.5, 0.6) is 0 Å². The van der Waals surface area contributed by atoms with E-state index in [1.165, 1.54) is 0 Å². The van der Waals surface area contributed by atoms with Crippen molar-refractivity contribution in [3.63, 3.8) is 0 Å². The quantitative estimate of drug-likeness (QED) is 0.577. The molecule has 1 rings (SSSR count). The Balaban J connectivity index is 2.75. The summed E-state index contributed by atoms with van der Waals surface area (Å²) < 4.78 is 0. The lowest BCUT2D eigenvalue weighted by Crippen LogP contribution is -2.34. The molecule has 0 unspecified atom stereocenters. The largest absolute Gasteiger partial charge is 0.369 e. The zero-order chi connectivity index (χ0) is 7.56. The highest BCUT2D eigenvalue weighted by molar-refractivity contribution is 5.81. The summed E-state index contributed by atoms with van der Waals surface area (Å²) in [4.78, 5) is 5.83. The van der Waals surface area contributed by atoms with Crippen LogP contribution in [0, 0.1) is 0 Å². The van der Waals surface area contributed by atoms with Gasteiger partial charge in [0, 0.05) is 12.7 Å². The first kappa shape index (κ1) is 6.86. The molecule has 3 heteroatoms. The molecule has 0 atom stereocenters. The Labute approximate surface area is 60.5 Å². The van der Waals surface area contributed by atoms with E-state index < -0.39 is 0 Å². The Hall–Kier alpha value is -1.25. The highest BCUT2D eigenvalue weighted by atomic mass is 15.2. The molecule has 0 aromatic heterocycles. The van der Waals surface area contributed by atoms with Crippen LogP contribution >= 0.6 is 0 Å². The summed E-state index contributed by atoms with van der Waals surface area (Å²) in [6.07, 6.45) is 3.71. The normalized spacial score (nSPS) is 17.5. The van der Waals surface area contributed by atoms with Crippen LogP contribution in [0.1, 0.15) is 6.92 Å². The molecule has 0 aromatic carbocycles. The van der Waals surface area contributed by atoms with Gasteiger partial charge in [0.2, 0.25) is 5.96 Å². The third-order valence-electron chi connectivity index (χ3n) is 1.34. The molecule has 0 radical (unpaired) electrons. The molecule has 0 saturated heterocycles. The van der Waals surface area contributed by atoms with Crippen molar-refractivity contribution in [3.05, 3.63) is 24.6 Å². The fraction of sp³-hybridized carbons (Fsp3) is 0.286. The second kappa shape index (κ2) is 2.56. The minimum absolute atomic E-state index is 0.523. The Bertz CT molecular complexity index is 203. The molecule has 0 aromatic rings. The van der Waals surface area contributed by atoms with Gasteiger partial charge in [0.25, 0.3) is 0 Å². The average molecular weight is 137 g/mol. The molecule has 1 heterocycles. The highest BCUT2D eigenvalue weighted by Gasteiger charge is 2.04. The van der Waals surface area contributed by atoms with E-state index in [0.29, 0.717) is 11.7 Å². The van der Waals surface area contributed by atoms with Crippen molar-refractivity contribution in [1.82, 2.24) is 4.90 Å². The first-order valence-electron chi connectivity index (χ1n) is 3.22. The predicted molar refractivity (Wildman–Crippen MR) is 42.3 cm³/mol. The zero-order valence-electron chi connectivity index (χ0n) is 6.04. The van der Waals surface area contributed by atoms with Gasteiger partial charge < -0.3 is 10.6 Å². The summed E-state index contributed by atoms with van der Waals surface area (Å²) >= 11 is 0. The number of allylic oxidation sites excluding steroid dienone is 1. The molecule has 0 spiro atoms. The van der Waals surface area contributed by atoms with Crippen LogP contribution in [-0.4, -0.2) is 17.4 Å². The average Bonchev–Trinajstić information content (AvgIpc) is 1.88. The first-order chi connectivity index (χ1) is 4.74. The molecule has 1 aliphatic heterocycles. The van der Waals surface area contributed by atoms with Crippen LogP contribution in [-0.2, 0) is 0 Å². The standard InChI is InChI=1S/C7H11N3/c1-3-10-5-4-6(2)9-7(10)8/h4-5H,2-3H2,1H3,(H2,8,9). The van der Waals surface area contributed by atoms with E-state index in [0.717, 1.165) is 6.54 Å². The smallest absolute Gasteiger partial charge is 0.200 e. The Morgan fingerprint density at radius 3 is 3.00 bits per heavy atom. The van der Waals surface area contributed by atoms with Crippen LogP contribution in [0.4, 0.5) is 0 Å². The van der Waals surface area contributed by atoms with Crippen molar-refractivity contribution in [1.29, 1.82) is 0 Å². The molecule has 0 saturated carbocycles. The maximum Gasteiger partial charge on any atom is 0.200 e. The second-order valence-corrected chi connectivity index (χ2v) is 2.06. The van der Waals surface area contributed by atoms with Crippen molar-refractivity contribution >= 4 is 5.96 Å². The summed E-state index contributed by atoms with van der Waals surface area (Å²) in [6.45, 7) is 6.51. The molecular formula is C7H11N3. The van der Waals surface area contributed by atoms with Gasteiger partial charge in [-0.15, -0.1) is 0 Å². The number of hydrogen-bond donors (Lipinski definition) is 1. The second-order valence-electron chi connectivity index (χ2n) is 2.06. The molecule has 54 valence electrons. The highest BCUT2D eigenvalue weighted by Crippen LogP contribution is 2.04. The number of aliphatic imine (C=N–C) groups is 1. The van der Waals surface area contributed by atoms with Crippen LogP contribution < -0.4 is 5.73 Å². The molecule has 0 amide bonds. The van der Waals surface area contributed by atoms with Gasteiger partial charge in [-0.1, -0.05) is 6.58 Å². The molecule has 2 N–H and O–H groups in total. The number of nitrogens with two attached hydrogens (primary N) is 1. The molecule has 3 nitrogen and oxygen atoms in total. The van der Waals surface area contributed by atoms with Crippen LogP contribution in [0.25, 0.3) is 0 Å². The van der Waals surface area contributed by atoms with Gasteiger partial charge in [0.05, 0.1) is 5.70 Å². The van der Waals surface area contributed by atoms with Gasteiger partial charge in [-0.2, -0.15) is 0 Å². The van der Waals surface area contributed by atoms with E-state index in [1.54, 1.807) is 0 Å². The zero-order valence-corrected chi connectivity index (χ0v) is 6.04. The topological polar surface area (TPSA) is 41.6 Å². The summed E-state index contributed by atoms with van der Waals surface area (Å²) in [5.41, 5.74) is 6.25. The van der Waals surface area contributed by atoms with E-state index in [9.17, 15) is 0 Å². The van der Waals surface area contributed by atoms with E-state index in [1.807, 2.05) is 24.1 Å². The Kier molecular flexibility index (Phi) is 1.76. The summed E-state index contributed by atoms with van der Waals surface area (Å²) in [5, 5.41) is 0. The fourth-order valence-corrected chi connectivity index (χ4v) is 0.768. The minimum Gasteiger partial charge on any atom is -0.369 e. The van der Waals surface area contributed by atoms with Crippen LogP contribution in [0.15, 0.2) is 29.5 Å². The van der Waals surface area contributed by atoms with Gasteiger partial charge in [0.1, 0.15) is 0 Å². The lowest BCUT2D eigenvalue weighted by Gasteiger charge is -2.19. The van der Waals surface area contributed by atoms with Gasteiger partial charge >= 0.3 is 0 Å². The summed E-state index contributed by atoms with van der Waals surface area (Å²) in [6, 6.07) is 0. The lowest BCUT2D eigenvalue weighted by atomic mass is 10.4. The molecular weight excluding hydrogens is 126 g/mol. The molecule has 10 heavy (non-hydrogen) atoms. The van der Waals surface area contributed by atoms with E-state index in [-0.39, 0.29) is 0 Å². The monoisotopic (exact) mass is 137 g/mol. The number of nitrogens with zero attached hydrogens (tertiary/aromatic N) is 2. The van der Waals surface area contributed by atoms with Gasteiger partial charge in [-0.3, -0.25) is 0 Å².